The van der Waals surface area contributed by atoms with Crippen LogP contribution in [0.3, 0.4) is 0 Å². The number of nitrogens with zero attached hydrogens (tertiary/aromatic N) is 7. The van der Waals surface area contributed by atoms with Crippen LogP contribution in [0, 0.1) is 12.3 Å². The van der Waals surface area contributed by atoms with Gasteiger partial charge in [0.2, 0.25) is 11.9 Å². The molecule has 0 bridgehead atoms. The zero-order valence-electron chi connectivity index (χ0n) is 39.9. The number of methoxy groups -OCH3 is 2. The van der Waals surface area contributed by atoms with Crippen LogP contribution >= 0.6 is 0 Å². The molecule has 0 radical (unpaired) electrons. The summed E-state index contributed by atoms with van der Waals surface area (Å²) < 4.78 is 28.7. The van der Waals surface area contributed by atoms with Gasteiger partial charge in [-0.1, -0.05) is 55.5 Å². The normalized spacial score (nSPS) is 17.7. The molecule has 1 atom stereocenters. The monoisotopic (exact) mass is 914 g/mol. The summed E-state index contributed by atoms with van der Waals surface area (Å²) >= 11 is 0. The number of anilines is 4. The van der Waals surface area contributed by atoms with Gasteiger partial charge in [0.1, 0.15) is 30.5 Å². The molecule has 356 valence electrons. The van der Waals surface area contributed by atoms with Crippen LogP contribution in [-0.4, -0.2) is 109 Å². The molecule has 3 aliphatic heterocycles. The van der Waals surface area contributed by atoms with E-state index < -0.39 is 5.60 Å². The van der Waals surface area contributed by atoms with Gasteiger partial charge in [0.15, 0.2) is 23.0 Å². The summed E-state index contributed by atoms with van der Waals surface area (Å²) in [4.78, 5) is 38.6. The molecule has 9 rings (SSSR count). The highest BCUT2D eigenvalue weighted by atomic mass is 16.6. The third-order valence-corrected chi connectivity index (χ3v) is 12.6. The highest BCUT2D eigenvalue weighted by Gasteiger charge is 2.29. The smallest absolute Gasteiger partial charge is 0.410 e. The summed E-state index contributed by atoms with van der Waals surface area (Å²) in [5, 5.41) is 9.15. The summed E-state index contributed by atoms with van der Waals surface area (Å²) in [5.41, 5.74) is 2.23. The predicted molar refractivity (Wildman–Crippen MR) is 265 cm³/mol. The van der Waals surface area contributed by atoms with Gasteiger partial charge in [-0.3, -0.25) is 0 Å². The lowest BCUT2D eigenvalue weighted by atomic mass is 9.95. The van der Waals surface area contributed by atoms with Crippen LogP contribution in [-0.2, 0) is 11.3 Å². The summed E-state index contributed by atoms with van der Waals surface area (Å²) in [6, 6.07) is 18.4. The van der Waals surface area contributed by atoms with E-state index in [1.165, 1.54) is 44.9 Å². The van der Waals surface area contributed by atoms with Crippen molar-refractivity contribution in [3.63, 3.8) is 0 Å². The zero-order valence-corrected chi connectivity index (χ0v) is 39.9. The van der Waals surface area contributed by atoms with E-state index in [0.29, 0.717) is 54.7 Å². The van der Waals surface area contributed by atoms with Gasteiger partial charge in [-0.05, 0) is 89.8 Å². The van der Waals surface area contributed by atoms with Crippen LogP contribution in [0.2, 0.25) is 0 Å². The molecule has 4 fully saturated rings. The van der Waals surface area contributed by atoms with Crippen molar-refractivity contribution >= 4 is 51.4 Å². The molecule has 0 spiro atoms. The Kier molecular flexibility index (Phi) is 15.4. The second-order valence-electron chi connectivity index (χ2n) is 18.8. The molecule has 15 heteroatoms. The number of fused-ring (bicyclic) bond motifs is 2. The number of hydrogen-bond acceptors (Lipinski definition) is 14. The fraction of sp³-hybridized carbons (Fsp3) is 0.519. The lowest BCUT2D eigenvalue weighted by Gasteiger charge is -2.34. The number of benzene rings is 3. The molecule has 2 aromatic heterocycles. The van der Waals surface area contributed by atoms with Crippen molar-refractivity contribution in [3.8, 4) is 35.3 Å². The van der Waals surface area contributed by atoms with E-state index in [-0.39, 0.29) is 18.7 Å². The van der Waals surface area contributed by atoms with E-state index >= 15 is 0 Å². The fourth-order valence-corrected chi connectivity index (χ4v) is 9.21. The van der Waals surface area contributed by atoms with Crippen LogP contribution < -0.4 is 39.4 Å². The van der Waals surface area contributed by atoms with Crippen LogP contribution in [0.15, 0.2) is 54.6 Å². The van der Waals surface area contributed by atoms with Gasteiger partial charge in [-0.15, -0.1) is 6.42 Å². The van der Waals surface area contributed by atoms with Gasteiger partial charge >= 0.3 is 6.09 Å². The Hall–Kier alpha value is -6.43. The minimum atomic E-state index is -0.527. The summed E-state index contributed by atoms with van der Waals surface area (Å²) in [6.45, 7) is 11.4. The molecule has 1 amide bonds. The molecule has 5 aromatic rings. The topological polar surface area (TPSA) is 149 Å². The predicted octanol–water partition coefficient (Wildman–Crippen LogP) is 9.62. The van der Waals surface area contributed by atoms with Gasteiger partial charge in [0.25, 0.3) is 0 Å². The third-order valence-electron chi connectivity index (χ3n) is 12.6. The molecule has 3 aromatic carbocycles. The highest BCUT2D eigenvalue weighted by molar-refractivity contribution is 5.94. The zero-order chi connectivity index (χ0) is 46.8. The molecule has 3 saturated heterocycles. The molecular formula is C52H67N9O6. The molecule has 15 nitrogen and oxygen atoms in total. The van der Waals surface area contributed by atoms with Gasteiger partial charge in [-0.2, -0.15) is 9.97 Å². The Labute approximate surface area is 395 Å². The van der Waals surface area contributed by atoms with E-state index in [1.807, 2.05) is 63.2 Å². The minimum Gasteiger partial charge on any atom is -0.493 e. The number of carbonyl (C=O) groups excluding carboxylic acids is 1. The minimum absolute atomic E-state index is 0.0316. The molecule has 4 aliphatic rings. The van der Waals surface area contributed by atoms with Crippen molar-refractivity contribution in [2.45, 2.75) is 116 Å². The van der Waals surface area contributed by atoms with Crippen molar-refractivity contribution in [1.29, 1.82) is 0 Å². The Morgan fingerprint density at radius 1 is 0.672 bits per heavy atom. The van der Waals surface area contributed by atoms with E-state index in [2.05, 4.69) is 38.5 Å². The molecule has 1 aliphatic carbocycles. The number of terminal acetylenes is 1. The van der Waals surface area contributed by atoms with Crippen molar-refractivity contribution in [1.82, 2.24) is 24.8 Å². The number of aromatic nitrogens is 4. The number of nitrogens with one attached hydrogen (secondary N) is 2. The Morgan fingerprint density at radius 2 is 1.21 bits per heavy atom. The lowest BCUT2D eigenvalue weighted by Crippen LogP contribution is -2.47. The number of carbonyl (C=O) groups is 1. The number of rotatable bonds is 13. The SMILES string of the molecule is C#CCOc1cc2nc(N3CCCC3)nc(NC3CCCN(C(=O)OC(C)(C)C)C3)c2cc1OC.COc1cc2c(NC3CCCCC3)nc(N3CCCC3)nc2cc1OCc1ccccc1. The number of amides is 1. The van der Waals surface area contributed by atoms with Gasteiger partial charge in [0, 0.05) is 74.3 Å². The van der Waals surface area contributed by atoms with Crippen molar-refractivity contribution in [2.24, 2.45) is 0 Å². The average Bonchev–Trinajstić information content (AvgIpc) is 4.09. The van der Waals surface area contributed by atoms with Gasteiger partial charge in [-0.25, -0.2) is 14.8 Å². The first-order chi connectivity index (χ1) is 32.6. The third kappa shape index (κ3) is 12.1. The Balaban J connectivity index is 0.000000182. The van der Waals surface area contributed by atoms with Crippen LogP contribution in [0.25, 0.3) is 21.8 Å². The van der Waals surface area contributed by atoms with Crippen molar-refractivity contribution < 1.29 is 28.5 Å². The number of likely N-dealkylation sites (tertiary alicyclic amines) is 1. The second kappa shape index (κ2) is 21.9. The molecule has 67 heavy (non-hydrogen) atoms. The largest absolute Gasteiger partial charge is 0.493 e. The van der Waals surface area contributed by atoms with E-state index in [4.69, 9.17) is 50.0 Å². The van der Waals surface area contributed by atoms with E-state index in [9.17, 15) is 4.79 Å². The van der Waals surface area contributed by atoms with Crippen molar-refractivity contribution in [3.05, 3.63) is 60.2 Å². The van der Waals surface area contributed by atoms with Crippen LogP contribution in [0.4, 0.5) is 28.3 Å². The molecule has 1 unspecified atom stereocenters. The quantitative estimate of drug-likeness (QED) is 0.108. The van der Waals surface area contributed by atoms with Gasteiger partial charge in [0.05, 0.1) is 25.3 Å². The van der Waals surface area contributed by atoms with Crippen molar-refractivity contribution in [2.75, 3.05) is 80.5 Å². The lowest BCUT2D eigenvalue weighted by molar-refractivity contribution is 0.0206. The van der Waals surface area contributed by atoms with Crippen LogP contribution in [0.5, 0.6) is 23.0 Å². The number of hydrogen-bond donors (Lipinski definition) is 2. The first kappa shape index (κ1) is 47.1. The van der Waals surface area contributed by atoms with E-state index in [0.717, 1.165) is 96.8 Å². The Morgan fingerprint density at radius 3 is 1.75 bits per heavy atom. The first-order valence-electron chi connectivity index (χ1n) is 24.1. The fourth-order valence-electron chi connectivity index (χ4n) is 9.21. The first-order valence-corrected chi connectivity index (χ1v) is 24.1. The van der Waals surface area contributed by atoms with E-state index in [1.54, 1.807) is 19.1 Å². The maximum atomic E-state index is 12.7. The second-order valence-corrected chi connectivity index (χ2v) is 18.8. The van der Waals surface area contributed by atoms with Gasteiger partial charge < -0.3 is 49.0 Å². The standard InChI is InChI=1S/C26H35N5O4.C26H32N4O2/c1-6-14-34-22-16-20-19(15-21(22)33-5)23(29-24(28-20)30-11-7-8-12-30)27-18-10-9-13-31(17-18)25(32)35-26(2,3)4;1-31-23-16-21-22(17-24(23)32-18-19-10-4-2-5-11-19)28-26(30-14-8-9-15-30)29-25(21)27-20-12-6-3-7-13-20/h1,15-16,18H,7-14,17H2,2-5H3,(H,27,28,29);2,4-5,10-11,16-17,20H,3,6-9,12-15,18H2,1H3,(H,27,28,29). The molecule has 5 heterocycles. The number of ether oxygens (including phenoxy) is 5. The average molecular weight is 914 g/mol. The maximum Gasteiger partial charge on any atom is 0.410 e. The van der Waals surface area contributed by atoms with Crippen LogP contribution in [0.1, 0.15) is 97.0 Å². The maximum absolute atomic E-state index is 12.7. The molecule has 1 saturated carbocycles. The number of piperidine rings is 1. The molecule has 2 N–H and O–H groups in total. The highest BCUT2D eigenvalue weighted by Crippen LogP contribution is 2.38. The summed E-state index contributed by atoms with van der Waals surface area (Å²) in [6.07, 6.45) is 17.8. The summed E-state index contributed by atoms with van der Waals surface area (Å²) in [7, 11) is 3.28. The Bertz CT molecular complexity index is 2490. The molecular weight excluding hydrogens is 847 g/mol. The summed E-state index contributed by atoms with van der Waals surface area (Å²) in [5.74, 6) is 8.14.